The topological polar surface area (TPSA) is 114 Å². The minimum atomic E-state index is -3.81. The highest BCUT2D eigenvalue weighted by atomic mass is 32.2. The zero-order valence-corrected chi connectivity index (χ0v) is 16.1. The van der Waals surface area contributed by atoms with Gasteiger partial charge < -0.3 is 5.73 Å². The average Bonchev–Trinajstić information content (AvgIpc) is 2.41. The van der Waals surface area contributed by atoms with Crippen LogP contribution in [0.25, 0.3) is 0 Å². The molecule has 0 fully saturated rings. The Kier molecular flexibility index (Phi) is 6.82. The maximum Gasteiger partial charge on any atom is 0.241 e. The van der Waals surface area contributed by atoms with Gasteiger partial charge in [-0.1, -0.05) is 6.92 Å². The van der Waals surface area contributed by atoms with Crippen LogP contribution in [0.15, 0.2) is 28.2 Å². The van der Waals surface area contributed by atoms with E-state index in [4.69, 9.17) is 5.73 Å². The van der Waals surface area contributed by atoms with Gasteiger partial charge in [-0.05, 0) is 44.7 Å². The molecule has 7 nitrogen and oxygen atoms in total. The summed E-state index contributed by atoms with van der Waals surface area (Å²) >= 11 is 1.33. The van der Waals surface area contributed by atoms with Crippen molar-refractivity contribution >= 4 is 38.4 Å². The fourth-order valence-corrected chi connectivity index (χ4v) is 4.28. The van der Waals surface area contributed by atoms with Gasteiger partial charge >= 0.3 is 0 Å². The smallest absolute Gasteiger partial charge is 0.241 e. The standard InChI is InChI=1S/C15H24N4O3S2/c1-6-23-14(18-17-10(2)20)12-8-7-11(16)9-13(12)24(21,22)19-15(3,4)5/h7-9,19H,6,16H2,1-5H3,(H,17,20)/b18-14-. The molecule has 0 aliphatic heterocycles. The van der Waals surface area contributed by atoms with Gasteiger partial charge in [0.2, 0.25) is 15.9 Å². The molecule has 0 aliphatic rings. The molecule has 0 unspecified atom stereocenters. The van der Waals surface area contributed by atoms with E-state index in [1.54, 1.807) is 32.9 Å². The van der Waals surface area contributed by atoms with E-state index in [2.05, 4.69) is 15.2 Å². The number of nitrogens with zero attached hydrogens (tertiary/aromatic N) is 1. The number of hydrogen-bond acceptors (Lipinski definition) is 6. The number of anilines is 1. The number of hydrogen-bond donors (Lipinski definition) is 3. The highest BCUT2D eigenvalue weighted by molar-refractivity contribution is 8.14. The lowest BCUT2D eigenvalue weighted by atomic mass is 10.1. The van der Waals surface area contributed by atoms with Gasteiger partial charge in [-0.25, -0.2) is 18.6 Å². The number of carbonyl (C=O) groups excluding carboxylic acids is 1. The minimum absolute atomic E-state index is 0.0301. The zero-order chi connectivity index (χ0) is 18.5. The maximum atomic E-state index is 12.7. The number of thioether (sulfide) groups is 1. The van der Waals surface area contributed by atoms with Crippen LogP contribution in [0.3, 0.4) is 0 Å². The summed E-state index contributed by atoms with van der Waals surface area (Å²) in [6.45, 7) is 8.50. The van der Waals surface area contributed by atoms with Gasteiger partial charge in [-0.15, -0.1) is 11.8 Å². The Labute approximate surface area is 147 Å². The second kappa shape index (κ2) is 8.00. The number of hydrazone groups is 1. The number of nitrogens with one attached hydrogen (secondary N) is 2. The molecule has 0 atom stereocenters. The Morgan fingerprint density at radius 1 is 1.33 bits per heavy atom. The SMILES string of the molecule is CCS/C(=N\NC(C)=O)c1ccc(N)cc1S(=O)(=O)NC(C)(C)C. The molecule has 4 N–H and O–H groups in total. The van der Waals surface area contributed by atoms with Gasteiger partial charge in [0, 0.05) is 23.7 Å². The fraction of sp³-hybridized carbons (Fsp3) is 0.467. The largest absolute Gasteiger partial charge is 0.399 e. The number of nitrogen functional groups attached to an aromatic ring is 1. The summed E-state index contributed by atoms with van der Waals surface area (Å²) in [5.41, 5.74) is 8.20. The number of amides is 1. The van der Waals surface area contributed by atoms with Crippen molar-refractivity contribution in [3.63, 3.8) is 0 Å². The second-order valence-electron chi connectivity index (χ2n) is 6.13. The van der Waals surface area contributed by atoms with Crippen molar-refractivity contribution in [1.29, 1.82) is 0 Å². The third-order valence-electron chi connectivity index (χ3n) is 2.56. The van der Waals surface area contributed by atoms with E-state index in [0.717, 1.165) is 0 Å². The quantitative estimate of drug-likeness (QED) is 0.316. The average molecular weight is 373 g/mol. The normalized spacial score (nSPS) is 13.0. The van der Waals surface area contributed by atoms with Crippen molar-refractivity contribution in [3.8, 4) is 0 Å². The third kappa shape index (κ3) is 6.14. The van der Waals surface area contributed by atoms with Crippen LogP contribution >= 0.6 is 11.8 Å². The molecule has 1 aromatic carbocycles. The predicted molar refractivity (Wildman–Crippen MR) is 99.4 cm³/mol. The maximum absolute atomic E-state index is 12.7. The number of nitrogens with two attached hydrogens (primary N) is 1. The van der Waals surface area contributed by atoms with Crippen molar-refractivity contribution in [2.24, 2.45) is 5.10 Å². The van der Waals surface area contributed by atoms with Crippen LogP contribution < -0.4 is 15.9 Å². The molecule has 0 heterocycles. The zero-order valence-electron chi connectivity index (χ0n) is 14.5. The Balaban J connectivity index is 3.48. The molecule has 1 amide bonds. The van der Waals surface area contributed by atoms with Crippen LogP contribution in [0, 0.1) is 0 Å². The number of rotatable bonds is 5. The predicted octanol–water partition coefficient (Wildman–Crippen LogP) is 1.90. The summed E-state index contributed by atoms with van der Waals surface area (Å²) in [4.78, 5) is 11.2. The molecule has 9 heteroatoms. The molecule has 0 aliphatic carbocycles. The summed E-state index contributed by atoms with van der Waals surface area (Å²) < 4.78 is 28.1. The molecule has 134 valence electrons. The van der Waals surface area contributed by atoms with Gasteiger partial charge in [-0.3, -0.25) is 4.79 Å². The van der Waals surface area contributed by atoms with E-state index in [1.165, 1.54) is 24.8 Å². The van der Waals surface area contributed by atoms with Gasteiger partial charge in [0.15, 0.2) is 0 Å². The van der Waals surface area contributed by atoms with Gasteiger partial charge in [-0.2, -0.15) is 5.10 Å². The first kappa shape index (κ1) is 20.5. The van der Waals surface area contributed by atoms with Crippen LogP contribution in [0.2, 0.25) is 0 Å². The highest BCUT2D eigenvalue weighted by Gasteiger charge is 2.26. The molecule has 1 aromatic rings. The van der Waals surface area contributed by atoms with E-state index >= 15 is 0 Å². The summed E-state index contributed by atoms with van der Waals surface area (Å²) in [5.74, 6) is 0.325. The second-order valence-corrected chi connectivity index (χ2v) is 9.03. The Bertz CT molecular complexity index is 738. The number of benzene rings is 1. The lowest BCUT2D eigenvalue weighted by molar-refractivity contribution is -0.118. The van der Waals surface area contributed by atoms with E-state index in [-0.39, 0.29) is 10.8 Å². The monoisotopic (exact) mass is 372 g/mol. The molecular weight excluding hydrogens is 348 g/mol. The molecule has 0 aromatic heterocycles. The van der Waals surface area contributed by atoms with Crippen LogP contribution in [0.5, 0.6) is 0 Å². The highest BCUT2D eigenvalue weighted by Crippen LogP contribution is 2.25. The Hall–Kier alpha value is -1.58. The Morgan fingerprint density at radius 3 is 2.46 bits per heavy atom. The molecular formula is C15H24N4O3S2. The molecule has 0 bridgehead atoms. The summed E-state index contributed by atoms with van der Waals surface area (Å²) in [5, 5.41) is 4.44. The molecule has 0 saturated carbocycles. The number of sulfonamides is 1. The summed E-state index contributed by atoms with van der Waals surface area (Å²) in [7, 11) is -3.81. The van der Waals surface area contributed by atoms with E-state index in [0.29, 0.717) is 22.0 Å². The van der Waals surface area contributed by atoms with Crippen molar-refractivity contribution < 1.29 is 13.2 Å². The van der Waals surface area contributed by atoms with Crippen molar-refractivity contribution in [3.05, 3.63) is 23.8 Å². The third-order valence-corrected chi connectivity index (χ3v) is 5.23. The molecule has 0 saturated heterocycles. The van der Waals surface area contributed by atoms with E-state index < -0.39 is 15.6 Å². The first-order chi connectivity index (χ1) is 11.0. The van der Waals surface area contributed by atoms with Gasteiger partial charge in [0.25, 0.3) is 0 Å². The van der Waals surface area contributed by atoms with Crippen LogP contribution in [-0.4, -0.2) is 30.7 Å². The molecule has 0 radical (unpaired) electrons. The summed E-state index contributed by atoms with van der Waals surface area (Å²) in [6, 6.07) is 4.59. The van der Waals surface area contributed by atoms with Crippen molar-refractivity contribution in [2.75, 3.05) is 11.5 Å². The molecule has 0 spiro atoms. The van der Waals surface area contributed by atoms with Gasteiger partial charge in [0.1, 0.15) is 5.04 Å². The Morgan fingerprint density at radius 2 is 1.96 bits per heavy atom. The fourth-order valence-electron chi connectivity index (χ4n) is 1.83. The van der Waals surface area contributed by atoms with E-state index in [1.807, 2.05) is 6.92 Å². The summed E-state index contributed by atoms with van der Waals surface area (Å²) in [6.07, 6.45) is 0. The molecule has 24 heavy (non-hydrogen) atoms. The first-order valence-corrected chi connectivity index (χ1v) is 9.84. The lowest BCUT2D eigenvalue weighted by Crippen LogP contribution is -2.41. The minimum Gasteiger partial charge on any atom is -0.399 e. The van der Waals surface area contributed by atoms with Crippen LogP contribution in [0.1, 0.15) is 40.2 Å². The van der Waals surface area contributed by atoms with Crippen LogP contribution in [0.4, 0.5) is 5.69 Å². The van der Waals surface area contributed by atoms with Crippen molar-refractivity contribution in [2.45, 2.75) is 45.1 Å². The van der Waals surface area contributed by atoms with Gasteiger partial charge in [0.05, 0.1) is 4.90 Å². The number of carbonyl (C=O) groups is 1. The lowest BCUT2D eigenvalue weighted by Gasteiger charge is -2.22. The first-order valence-electron chi connectivity index (χ1n) is 7.37. The molecule has 1 rings (SSSR count). The van der Waals surface area contributed by atoms with Crippen molar-refractivity contribution in [1.82, 2.24) is 10.1 Å². The van der Waals surface area contributed by atoms with Crippen LogP contribution in [-0.2, 0) is 14.8 Å². The van der Waals surface area contributed by atoms with E-state index in [9.17, 15) is 13.2 Å².